The van der Waals surface area contributed by atoms with Crippen LogP contribution in [0, 0.1) is 0 Å². The first-order valence-corrected chi connectivity index (χ1v) is 6.05. The summed E-state index contributed by atoms with van der Waals surface area (Å²) in [5, 5.41) is 3.65. The summed E-state index contributed by atoms with van der Waals surface area (Å²) in [5.41, 5.74) is 1.56. The molecule has 0 aliphatic rings. The third-order valence-corrected chi connectivity index (χ3v) is 2.67. The van der Waals surface area contributed by atoms with E-state index in [1.807, 2.05) is 19.1 Å². The minimum absolute atomic E-state index is 0.587. The SMILES string of the molecule is CCOc1ccc(Cl)cc1-c1nccnc1NC. The number of nitrogens with one attached hydrogen (secondary N) is 1. The molecule has 1 N–H and O–H groups in total. The Bertz CT molecular complexity index is 546. The van der Waals surface area contributed by atoms with E-state index in [1.165, 1.54) is 0 Å². The summed E-state index contributed by atoms with van der Waals surface area (Å²) in [7, 11) is 1.80. The van der Waals surface area contributed by atoms with E-state index in [0.717, 1.165) is 17.0 Å². The highest BCUT2D eigenvalue weighted by Gasteiger charge is 2.12. The van der Waals surface area contributed by atoms with E-state index in [9.17, 15) is 0 Å². The summed E-state index contributed by atoms with van der Waals surface area (Å²) in [6, 6.07) is 5.47. The molecule has 0 aliphatic carbocycles. The molecule has 0 fully saturated rings. The average Bonchev–Trinajstić information content (AvgIpc) is 2.41. The number of anilines is 1. The molecule has 0 unspecified atom stereocenters. The van der Waals surface area contributed by atoms with Crippen molar-refractivity contribution in [3.63, 3.8) is 0 Å². The van der Waals surface area contributed by atoms with Crippen LogP contribution in [-0.4, -0.2) is 23.6 Å². The molecule has 2 aromatic rings. The van der Waals surface area contributed by atoms with Crippen LogP contribution in [-0.2, 0) is 0 Å². The van der Waals surface area contributed by atoms with Crippen LogP contribution in [0.1, 0.15) is 6.92 Å². The smallest absolute Gasteiger partial charge is 0.152 e. The largest absolute Gasteiger partial charge is 0.493 e. The van der Waals surface area contributed by atoms with Gasteiger partial charge in [-0.15, -0.1) is 0 Å². The maximum atomic E-state index is 6.04. The lowest BCUT2D eigenvalue weighted by Gasteiger charge is -2.12. The minimum atomic E-state index is 0.587. The zero-order valence-electron chi connectivity index (χ0n) is 10.3. The lowest BCUT2D eigenvalue weighted by atomic mass is 10.1. The topological polar surface area (TPSA) is 47.0 Å². The molecule has 0 bridgehead atoms. The third-order valence-electron chi connectivity index (χ3n) is 2.43. The molecule has 0 saturated carbocycles. The van der Waals surface area contributed by atoms with Crippen molar-refractivity contribution in [3.05, 3.63) is 35.6 Å². The van der Waals surface area contributed by atoms with Gasteiger partial charge in [0.2, 0.25) is 0 Å². The molecule has 0 radical (unpaired) electrons. The van der Waals surface area contributed by atoms with E-state index in [0.29, 0.717) is 17.4 Å². The Morgan fingerprint density at radius 1 is 1.28 bits per heavy atom. The number of benzene rings is 1. The zero-order valence-corrected chi connectivity index (χ0v) is 11.0. The van der Waals surface area contributed by atoms with Crippen molar-refractivity contribution in [3.8, 4) is 17.0 Å². The van der Waals surface area contributed by atoms with E-state index in [4.69, 9.17) is 16.3 Å². The fourth-order valence-electron chi connectivity index (χ4n) is 1.69. The normalized spacial score (nSPS) is 10.2. The van der Waals surface area contributed by atoms with Crippen molar-refractivity contribution in [2.45, 2.75) is 6.92 Å². The molecule has 5 heteroatoms. The van der Waals surface area contributed by atoms with Crippen molar-refractivity contribution >= 4 is 17.4 Å². The number of aromatic nitrogens is 2. The molecule has 0 amide bonds. The number of hydrogen-bond acceptors (Lipinski definition) is 4. The highest BCUT2D eigenvalue weighted by atomic mass is 35.5. The number of nitrogens with zero attached hydrogens (tertiary/aromatic N) is 2. The Morgan fingerprint density at radius 3 is 2.78 bits per heavy atom. The van der Waals surface area contributed by atoms with E-state index in [1.54, 1.807) is 25.5 Å². The molecule has 18 heavy (non-hydrogen) atoms. The fourth-order valence-corrected chi connectivity index (χ4v) is 1.86. The van der Waals surface area contributed by atoms with Gasteiger partial charge in [-0.2, -0.15) is 0 Å². The number of hydrogen-bond donors (Lipinski definition) is 1. The van der Waals surface area contributed by atoms with Crippen molar-refractivity contribution in [2.75, 3.05) is 19.0 Å². The first kappa shape index (κ1) is 12.6. The van der Waals surface area contributed by atoms with Crippen LogP contribution in [0.5, 0.6) is 5.75 Å². The molecular formula is C13H14ClN3O. The number of halogens is 1. The van der Waals surface area contributed by atoms with Crippen molar-refractivity contribution in [1.29, 1.82) is 0 Å². The molecule has 94 valence electrons. The minimum Gasteiger partial charge on any atom is -0.493 e. The van der Waals surface area contributed by atoms with Crippen molar-refractivity contribution < 1.29 is 4.74 Å². The first-order valence-electron chi connectivity index (χ1n) is 5.67. The van der Waals surface area contributed by atoms with Crippen LogP contribution in [0.15, 0.2) is 30.6 Å². The first-order chi connectivity index (χ1) is 8.76. The summed E-state index contributed by atoms with van der Waals surface area (Å²) in [5.74, 6) is 1.44. The second kappa shape index (κ2) is 5.69. The van der Waals surface area contributed by atoms with Gasteiger partial charge < -0.3 is 10.1 Å². The highest BCUT2D eigenvalue weighted by Crippen LogP contribution is 2.34. The van der Waals surface area contributed by atoms with E-state index >= 15 is 0 Å². The summed E-state index contributed by atoms with van der Waals surface area (Å²) in [4.78, 5) is 8.57. The van der Waals surface area contributed by atoms with Crippen LogP contribution in [0.3, 0.4) is 0 Å². The van der Waals surface area contributed by atoms with Gasteiger partial charge in [-0.05, 0) is 25.1 Å². The number of ether oxygens (including phenoxy) is 1. The molecule has 0 spiro atoms. The van der Waals surface area contributed by atoms with E-state index in [2.05, 4.69) is 15.3 Å². The molecule has 4 nitrogen and oxygen atoms in total. The van der Waals surface area contributed by atoms with Crippen LogP contribution in [0.2, 0.25) is 5.02 Å². The Kier molecular flexibility index (Phi) is 3.99. The van der Waals surface area contributed by atoms with Gasteiger partial charge in [-0.3, -0.25) is 4.98 Å². The van der Waals surface area contributed by atoms with Crippen LogP contribution in [0.4, 0.5) is 5.82 Å². The zero-order chi connectivity index (χ0) is 13.0. The van der Waals surface area contributed by atoms with Crippen LogP contribution < -0.4 is 10.1 Å². The predicted molar refractivity (Wildman–Crippen MR) is 73.2 cm³/mol. The molecule has 0 saturated heterocycles. The van der Waals surface area contributed by atoms with Gasteiger partial charge in [0.1, 0.15) is 11.4 Å². The molecular weight excluding hydrogens is 250 g/mol. The van der Waals surface area contributed by atoms with Gasteiger partial charge in [0.15, 0.2) is 5.82 Å². The fraction of sp³-hybridized carbons (Fsp3) is 0.231. The second-order valence-electron chi connectivity index (χ2n) is 3.58. The Morgan fingerprint density at radius 2 is 2.06 bits per heavy atom. The summed E-state index contributed by atoms with van der Waals surface area (Å²) < 4.78 is 5.59. The van der Waals surface area contributed by atoms with Crippen molar-refractivity contribution in [2.24, 2.45) is 0 Å². The predicted octanol–water partition coefficient (Wildman–Crippen LogP) is 3.24. The van der Waals surface area contributed by atoms with Gasteiger partial charge in [0.25, 0.3) is 0 Å². The molecule has 1 aromatic carbocycles. The molecule has 1 aromatic heterocycles. The van der Waals surface area contributed by atoms with Gasteiger partial charge in [-0.1, -0.05) is 11.6 Å². The summed E-state index contributed by atoms with van der Waals surface area (Å²) >= 11 is 6.04. The maximum Gasteiger partial charge on any atom is 0.152 e. The quantitative estimate of drug-likeness (QED) is 0.920. The van der Waals surface area contributed by atoms with Crippen LogP contribution in [0.25, 0.3) is 11.3 Å². The van der Waals surface area contributed by atoms with Crippen LogP contribution >= 0.6 is 11.6 Å². The second-order valence-corrected chi connectivity index (χ2v) is 4.01. The monoisotopic (exact) mass is 263 g/mol. The standard InChI is InChI=1S/C13H14ClN3O/c1-3-18-11-5-4-9(14)8-10(11)12-13(15-2)17-7-6-16-12/h4-8H,3H2,1-2H3,(H,15,17). The average molecular weight is 264 g/mol. The number of rotatable bonds is 4. The molecule has 2 rings (SSSR count). The Hall–Kier alpha value is -1.81. The molecule has 0 atom stereocenters. The highest BCUT2D eigenvalue weighted by molar-refractivity contribution is 6.31. The molecule has 1 heterocycles. The van der Waals surface area contributed by atoms with Gasteiger partial charge in [0.05, 0.1) is 6.61 Å². The van der Waals surface area contributed by atoms with Gasteiger partial charge in [0, 0.05) is 30.0 Å². The lowest BCUT2D eigenvalue weighted by Crippen LogP contribution is -2.00. The Balaban J connectivity index is 2.57. The summed E-state index contributed by atoms with van der Waals surface area (Å²) in [6.45, 7) is 2.53. The lowest BCUT2D eigenvalue weighted by molar-refractivity contribution is 0.341. The van der Waals surface area contributed by atoms with Gasteiger partial charge in [-0.25, -0.2) is 4.98 Å². The summed E-state index contributed by atoms with van der Waals surface area (Å²) in [6.07, 6.45) is 3.28. The molecule has 0 aliphatic heterocycles. The van der Waals surface area contributed by atoms with Gasteiger partial charge >= 0.3 is 0 Å². The maximum absolute atomic E-state index is 6.04. The van der Waals surface area contributed by atoms with E-state index < -0.39 is 0 Å². The van der Waals surface area contributed by atoms with E-state index in [-0.39, 0.29) is 0 Å². The third kappa shape index (κ3) is 2.54. The van der Waals surface area contributed by atoms with Crippen molar-refractivity contribution in [1.82, 2.24) is 9.97 Å². The Labute approximate surface area is 111 Å².